The SMILES string of the molecule is CCC(CN(Cc1ccc(NC(=O)c2cc(N3CCC(=O)NC3=O)cc(C(C)(C)C)c2OC)cc1)[SH](=O)=O)C(=O)O. The summed E-state index contributed by atoms with van der Waals surface area (Å²) in [5.74, 6) is -2.39. The van der Waals surface area contributed by atoms with E-state index in [4.69, 9.17) is 4.74 Å². The number of ether oxygens (including phenoxy) is 1. The van der Waals surface area contributed by atoms with Gasteiger partial charge in [-0.1, -0.05) is 39.8 Å². The van der Waals surface area contributed by atoms with Gasteiger partial charge in [0.25, 0.3) is 5.91 Å². The number of imide groups is 1. The standard InChI is InChI=1S/C28H36N4O8S/c1-6-18(26(35)36)16-31(41(38)39)15-17-7-9-19(10-8-17)29-25(34)21-13-20(32-12-11-23(33)30-27(32)37)14-22(24(21)40-5)28(2,3)4/h7-10,13-14,18,41H,6,11-12,15-16H2,1-5H3,(H,29,34)(H,35,36)(H,30,33,37). The van der Waals surface area contributed by atoms with E-state index >= 15 is 0 Å². The highest BCUT2D eigenvalue weighted by Crippen LogP contribution is 2.38. The maximum Gasteiger partial charge on any atom is 0.328 e. The van der Waals surface area contributed by atoms with Gasteiger partial charge in [-0.05, 0) is 41.7 Å². The van der Waals surface area contributed by atoms with E-state index in [1.807, 2.05) is 20.8 Å². The molecular formula is C28H36N4O8S. The van der Waals surface area contributed by atoms with Crippen molar-refractivity contribution < 1.29 is 37.4 Å². The average molecular weight is 589 g/mol. The van der Waals surface area contributed by atoms with Gasteiger partial charge in [-0.15, -0.1) is 0 Å². The van der Waals surface area contributed by atoms with Crippen molar-refractivity contribution in [3.8, 4) is 5.75 Å². The summed E-state index contributed by atoms with van der Waals surface area (Å²) >= 11 is 0. The molecule has 0 aliphatic carbocycles. The molecule has 3 N–H and O–H groups in total. The number of rotatable bonds is 11. The zero-order valence-electron chi connectivity index (χ0n) is 23.7. The van der Waals surface area contributed by atoms with E-state index in [1.165, 1.54) is 12.0 Å². The van der Waals surface area contributed by atoms with E-state index < -0.39 is 40.1 Å². The van der Waals surface area contributed by atoms with Crippen LogP contribution in [0.25, 0.3) is 0 Å². The molecule has 12 nitrogen and oxygen atoms in total. The fourth-order valence-electron chi connectivity index (χ4n) is 4.45. The third-order valence-corrected chi connectivity index (χ3v) is 7.54. The highest BCUT2D eigenvalue weighted by molar-refractivity contribution is 7.69. The molecule has 1 unspecified atom stereocenters. The zero-order valence-corrected chi connectivity index (χ0v) is 24.6. The molecule has 0 radical (unpaired) electrons. The van der Waals surface area contributed by atoms with Crippen LogP contribution in [-0.4, -0.2) is 61.8 Å². The Kier molecular flexibility index (Phi) is 10.1. The van der Waals surface area contributed by atoms with E-state index in [9.17, 15) is 32.7 Å². The second-order valence-electron chi connectivity index (χ2n) is 10.8. The molecule has 0 aromatic heterocycles. The van der Waals surface area contributed by atoms with Crippen molar-refractivity contribution in [3.05, 3.63) is 53.1 Å². The van der Waals surface area contributed by atoms with Crippen LogP contribution in [0.4, 0.5) is 16.2 Å². The van der Waals surface area contributed by atoms with Crippen LogP contribution in [-0.2, 0) is 32.4 Å². The molecule has 1 fully saturated rings. The number of nitrogens with zero attached hydrogens (tertiary/aromatic N) is 2. The Morgan fingerprint density at radius 3 is 2.34 bits per heavy atom. The molecule has 1 heterocycles. The summed E-state index contributed by atoms with van der Waals surface area (Å²) in [7, 11) is -1.54. The number of urea groups is 1. The Labute approximate surface area is 240 Å². The van der Waals surface area contributed by atoms with Gasteiger partial charge in [0.2, 0.25) is 16.8 Å². The normalized spacial score (nSPS) is 14.7. The van der Waals surface area contributed by atoms with Crippen LogP contribution in [0, 0.1) is 5.92 Å². The van der Waals surface area contributed by atoms with Crippen LogP contribution >= 0.6 is 0 Å². The lowest BCUT2D eigenvalue weighted by molar-refractivity contribution is -0.142. The van der Waals surface area contributed by atoms with Crippen molar-refractivity contribution in [2.45, 2.75) is 52.5 Å². The smallest absolute Gasteiger partial charge is 0.328 e. The number of benzene rings is 2. The molecule has 2 aromatic rings. The van der Waals surface area contributed by atoms with Gasteiger partial charge < -0.3 is 15.2 Å². The lowest BCUT2D eigenvalue weighted by atomic mass is 9.84. The number of carbonyl (C=O) groups excluding carboxylic acids is 3. The maximum absolute atomic E-state index is 13.5. The number of methoxy groups -OCH3 is 1. The predicted octanol–water partition coefficient (Wildman–Crippen LogP) is 3.13. The highest BCUT2D eigenvalue weighted by atomic mass is 32.2. The summed E-state index contributed by atoms with van der Waals surface area (Å²) < 4.78 is 30.2. The van der Waals surface area contributed by atoms with E-state index in [0.717, 1.165) is 4.31 Å². The Balaban J connectivity index is 1.87. The van der Waals surface area contributed by atoms with Gasteiger partial charge in [-0.3, -0.25) is 24.6 Å². The molecule has 3 rings (SSSR count). The van der Waals surface area contributed by atoms with Crippen molar-refractivity contribution in [2.75, 3.05) is 30.4 Å². The van der Waals surface area contributed by atoms with Crippen molar-refractivity contribution in [1.29, 1.82) is 0 Å². The molecule has 222 valence electrons. The van der Waals surface area contributed by atoms with Crippen LogP contribution in [0.1, 0.15) is 62.0 Å². The molecular weight excluding hydrogens is 552 g/mol. The second-order valence-corrected chi connectivity index (χ2v) is 11.8. The summed E-state index contributed by atoms with van der Waals surface area (Å²) in [6, 6.07) is 9.27. The molecule has 1 saturated heterocycles. The summed E-state index contributed by atoms with van der Waals surface area (Å²) in [5, 5.41) is 14.4. The van der Waals surface area contributed by atoms with Gasteiger partial charge in [0.05, 0.1) is 18.6 Å². The summed E-state index contributed by atoms with van der Waals surface area (Å²) in [4.78, 5) is 50.5. The Bertz CT molecular complexity index is 1390. The number of anilines is 2. The molecule has 13 heteroatoms. The number of hydrogen-bond donors (Lipinski definition) is 4. The number of aliphatic carboxylic acids is 1. The molecule has 41 heavy (non-hydrogen) atoms. The first kappa shape index (κ1) is 31.6. The van der Waals surface area contributed by atoms with Crippen molar-refractivity contribution >= 4 is 46.1 Å². The van der Waals surface area contributed by atoms with Gasteiger partial charge in [-0.25, -0.2) is 13.2 Å². The predicted molar refractivity (Wildman–Crippen MR) is 154 cm³/mol. The number of carboxylic acid groups (broad SMARTS) is 1. The summed E-state index contributed by atoms with van der Waals surface area (Å²) in [6.45, 7) is 7.55. The van der Waals surface area contributed by atoms with Crippen molar-refractivity contribution in [1.82, 2.24) is 9.62 Å². The lowest BCUT2D eigenvalue weighted by Gasteiger charge is -2.30. The Hall–Kier alpha value is -3.97. The Morgan fingerprint density at radius 1 is 1.17 bits per heavy atom. The first-order valence-electron chi connectivity index (χ1n) is 13.1. The fraction of sp³-hybridized carbons (Fsp3) is 0.429. The lowest BCUT2D eigenvalue weighted by Crippen LogP contribution is -2.49. The van der Waals surface area contributed by atoms with E-state index in [0.29, 0.717) is 34.7 Å². The second kappa shape index (κ2) is 13.1. The summed E-state index contributed by atoms with van der Waals surface area (Å²) in [5.41, 5.74) is 1.92. The van der Waals surface area contributed by atoms with Crippen LogP contribution in [0.3, 0.4) is 0 Å². The number of amides is 4. The van der Waals surface area contributed by atoms with Gasteiger partial charge >= 0.3 is 12.0 Å². The first-order chi connectivity index (χ1) is 19.2. The monoisotopic (exact) mass is 588 g/mol. The van der Waals surface area contributed by atoms with E-state index in [1.54, 1.807) is 43.3 Å². The van der Waals surface area contributed by atoms with Gasteiger partial charge in [-0.2, -0.15) is 4.31 Å². The van der Waals surface area contributed by atoms with E-state index in [2.05, 4.69) is 10.6 Å². The third kappa shape index (κ3) is 7.82. The van der Waals surface area contributed by atoms with Gasteiger partial charge in [0.15, 0.2) is 0 Å². The van der Waals surface area contributed by atoms with Crippen LogP contribution in [0.2, 0.25) is 0 Å². The number of hydrogen-bond acceptors (Lipinski definition) is 7. The van der Waals surface area contributed by atoms with Gasteiger partial charge in [0.1, 0.15) is 5.75 Å². The first-order valence-corrected chi connectivity index (χ1v) is 14.2. The number of carboxylic acids is 1. The third-order valence-electron chi connectivity index (χ3n) is 6.78. The van der Waals surface area contributed by atoms with Crippen molar-refractivity contribution in [2.24, 2.45) is 5.92 Å². The molecule has 0 spiro atoms. The highest BCUT2D eigenvalue weighted by Gasteiger charge is 2.30. The van der Waals surface area contributed by atoms with E-state index in [-0.39, 0.29) is 37.5 Å². The number of carbonyl (C=O) groups is 4. The molecule has 2 aromatic carbocycles. The average Bonchev–Trinajstić information content (AvgIpc) is 2.90. The molecule has 1 aliphatic heterocycles. The fourth-order valence-corrected chi connectivity index (χ4v) is 5.06. The largest absolute Gasteiger partial charge is 0.496 e. The minimum absolute atomic E-state index is 0.0120. The topological polar surface area (TPSA) is 162 Å². The Morgan fingerprint density at radius 2 is 1.83 bits per heavy atom. The van der Waals surface area contributed by atoms with Gasteiger partial charge in [0, 0.05) is 43.0 Å². The minimum atomic E-state index is -3.00. The molecule has 0 bridgehead atoms. The quantitative estimate of drug-likeness (QED) is 0.291. The van der Waals surface area contributed by atoms with Crippen LogP contribution < -0.4 is 20.3 Å². The molecule has 0 saturated carbocycles. The summed E-state index contributed by atoms with van der Waals surface area (Å²) in [6.07, 6.45) is 0.423. The van der Waals surface area contributed by atoms with Crippen molar-refractivity contribution in [3.63, 3.8) is 0 Å². The zero-order chi connectivity index (χ0) is 30.5. The van der Waals surface area contributed by atoms with Crippen LogP contribution in [0.5, 0.6) is 5.75 Å². The molecule has 1 atom stereocenters. The maximum atomic E-state index is 13.5. The minimum Gasteiger partial charge on any atom is -0.496 e. The number of thiol groups is 1. The number of nitrogens with one attached hydrogen (secondary N) is 2. The van der Waals surface area contributed by atoms with Crippen LogP contribution in [0.15, 0.2) is 36.4 Å². The molecule has 1 aliphatic rings. The molecule has 4 amide bonds.